The van der Waals surface area contributed by atoms with Crippen LogP contribution in [0, 0.1) is 11.3 Å². The van der Waals surface area contributed by atoms with Crippen LogP contribution < -0.4 is 10.6 Å². The zero-order valence-electron chi connectivity index (χ0n) is 19.9. The number of nitrogens with zero attached hydrogens (tertiary/aromatic N) is 3. The van der Waals surface area contributed by atoms with Crippen LogP contribution in [0.25, 0.3) is 0 Å². The lowest BCUT2D eigenvalue weighted by atomic mass is 10.1. The summed E-state index contributed by atoms with van der Waals surface area (Å²) >= 11 is 7.12. The van der Waals surface area contributed by atoms with E-state index >= 15 is 0 Å². The van der Waals surface area contributed by atoms with Gasteiger partial charge in [-0.1, -0.05) is 35.9 Å². The third kappa shape index (κ3) is 6.90. The van der Waals surface area contributed by atoms with Crippen molar-refractivity contribution < 1.29 is 23.2 Å². The molecule has 3 aromatic rings. The van der Waals surface area contributed by atoms with E-state index in [-0.39, 0.29) is 11.6 Å². The molecule has 3 amide bonds. The third-order valence-corrected chi connectivity index (χ3v) is 6.96. The lowest BCUT2D eigenvalue weighted by molar-refractivity contribution is -0.131. The van der Waals surface area contributed by atoms with Gasteiger partial charge in [-0.25, -0.2) is 13.8 Å². The molecule has 4 rings (SSSR count). The fourth-order valence-corrected chi connectivity index (χ4v) is 4.81. The second-order valence-corrected chi connectivity index (χ2v) is 10.1. The zero-order valence-corrected chi connectivity index (χ0v) is 21.5. The summed E-state index contributed by atoms with van der Waals surface area (Å²) in [5.74, 6) is -4.71. The minimum absolute atomic E-state index is 0.0968. The van der Waals surface area contributed by atoms with Gasteiger partial charge in [-0.15, -0.1) is 11.3 Å². The molecule has 1 atom stereocenters. The molecule has 0 unspecified atom stereocenters. The van der Waals surface area contributed by atoms with Crippen molar-refractivity contribution in [2.24, 2.45) is 0 Å². The first-order valence-electron chi connectivity index (χ1n) is 11.5. The summed E-state index contributed by atoms with van der Waals surface area (Å²) < 4.78 is 27.1. The van der Waals surface area contributed by atoms with Crippen molar-refractivity contribution in [3.05, 3.63) is 86.3 Å². The van der Waals surface area contributed by atoms with Gasteiger partial charge in [-0.3, -0.25) is 14.4 Å². The Morgan fingerprint density at radius 1 is 1.08 bits per heavy atom. The topological polar surface area (TPSA) is 115 Å². The molecule has 2 heterocycles. The number of alkyl halides is 2. The van der Waals surface area contributed by atoms with Gasteiger partial charge in [0, 0.05) is 35.4 Å². The maximum atomic E-state index is 13.5. The summed E-state index contributed by atoms with van der Waals surface area (Å²) in [6.45, 7) is -0.984. The van der Waals surface area contributed by atoms with Crippen molar-refractivity contribution in [3.63, 3.8) is 0 Å². The molecule has 0 saturated carbocycles. The van der Waals surface area contributed by atoms with E-state index < -0.39 is 43.3 Å². The lowest BCUT2D eigenvalue weighted by Gasteiger charge is -2.19. The molecule has 12 heteroatoms. The number of carbonyl (C=O) groups is 3. The van der Waals surface area contributed by atoms with E-state index in [0.29, 0.717) is 28.6 Å². The van der Waals surface area contributed by atoms with Crippen molar-refractivity contribution >= 4 is 40.7 Å². The highest BCUT2D eigenvalue weighted by atomic mass is 35.5. The fraction of sp³-hybridized carbons (Fsp3) is 0.269. The smallest absolute Gasteiger partial charge is 0.271 e. The van der Waals surface area contributed by atoms with E-state index in [2.05, 4.69) is 15.6 Å². The Hall–Kier alpha value is -3.88. The molecular weight excluding hydrogens is 536 g/mol. The first kappa shape index (κ1) is 27.2. The standard InChI is InChI=1S/C26H22ClF2N5O3S/c27-19-7-3-17(4-8-19)12-31-24(36)18-5-1-16(2-6-18)9-22-33-21(14-38-22)25(37)32-13-23(35)34-15-26(28,29)10-20(34)11-30/h1-8,14,20H,9-10,12-13,15H2,(H,31,36)(H,32,37)/t20-/m0/s1. The van der Waals surface area contributed by atoms with Crippen LogP contribution in [0.3, 0.4) is 0 Å². The number of amides is 3. The van der Waals surface area contributed by atoms with Crippen molar-refractivity contribution in [3.8, 4) is 6.07 Å². The second kappa shape index (κ2) is 11.7. The van der Waals surface area contributed by atoms with Gasteiger partial charge in [0.2, 0.25) is 5.91 Å². The molecule has 0 spiro atoms. The van der Waals surface area contributed by atoms with Gasteiger partial charge in [-0.05, 0) is 35.4 Å². The van der Waals surface area contributed by atoms with Gasteiger partial charge >= 0.3 is 0 Å². The summed E-state index contributed by atoms with van der Waals surface area (Å²) in [4.78, 5) is 42.2. The lowest BCUT2D eigenvalue weighted by Crippen LogP contribution is -2.43. The van der Waals surface area contributed by atoms with E-state index in [0.717, 1.165) is 16.0 Å². The average Bonchev–Trinajstić information content (AvgIpc) is 3.50. The third-order valence-electron chi connectivity index (χ3n) is 5.86. The fourth-order valence-electron chi connectivity index (χ4n) is 3.87. The summed E-state index contributed by atoms with van der Waals surface area (Å²) in [6.07, 6.45) is -0.288. The van der Waals surface area contributed by atoms with Crippen LogP contribution in [-0.2, 0) is 17.8 Å². The predicted molar refractivity (Wildman–Crippen MR) is 137 cm³/mol. The van der Waals surface area contributed by atoms with Crippen molar-refractivity contribution in [2.75, 3.05) is 13.1 Å². The van der Waals surface area contributed by atoms with Gasteiger partial charge in [0.05, 0.1) is 24.2 Å². The average molecular weight is 558 g/mol. The highest BCUT2D eigenvalue weighted by Gasteiger charge is 2.47. The number of aromatic nitrogens is 1. The molecule has 8 nitrogen and oxygen atoms in total. The zero-order chi connectivity index (χ0) is 27.3. The number of likely N-dealkylation sites (tertiary alicyclic amines) is 1. The molecule has 1 aliphatic rings. The highest BCUT2D eigenvalue weighted by Crippen LogP contribution is 2.31. The Balaban J connectivity index is 1.26. The molecule has 1 aliphatic heterocycles. The molecule has 2 N–H and O–H groups in total. The van der Waals surface area contributed by atoms with Crippen molar-refractivity contribution in [1.82, 2.24) is 20.5 Å². The minimum Gasteiger partial charge on any atom is -0.348 e. The Kier molecular flexibility index (Phi) is 8.34. The number of hydrogen-bond acceptors (Lipinski definition) is 6. The second-order valence-electron chi connectivity index (χ2n) is 8.72. The number of thiazole rings is 1. The summed E-state index contributed by atoms with van der Waals surface area (Å²) in [5.41, 5.74) is 2.41. The van der Waals surface area contributed by atoms with Crippen LogP contribution in [0.15, 0.2) is 53.9 Å². The molecule has 1 aromatic heterocycles. The molecule has 2 aromatic carbocycles. The van der Waals surface area contributed by atoms with Crippen molar-refractivity contribution in [1.29, 1.82) is 5.26 Å². The van der Waals surface area contributed by atoms with E-state index in [1.807, 2.05) is 12.1 Å². The largest absolute Gasteiger partial charge is 0.348 e. The molecule has 196 valence electrons. The van der Waals surface area contributed by atoms with Crippen LogP contribution in [0.5, 0.6) is 0 Å². The van der Waals surface area contributed by atoms with Crippen LogP contribution in [0.1, 0.15) is 43.4 Å². The summed E-state index contributed by atoms with van der Waals surface area (Å²) in [7, 11) is 0. The molecule has 0 radical (unpaired) electrons. The molecule has 1 fully saturated rings. The maximum Gasteiger partial charge on any atom is 0.271 e. The Labute approximate surface area is 226 Å². The van der Waals surface area contributed by atoms with Crippen LogP contribution in [0.2, 0.25) is 5.02 Å². The van der Waals surface area contributed by atoms with Crippen LogP contribution >= 0.6 is 22.9 Å². The molecule has 0 bridgehead atoms. The quantitative estimate of drug-likeness (QED) is 0.437. The van der Waals surface area contributed by atoms with Gasteiger partial charge in [-0.2, -0.15) is 5.26 Å². The van der Waals surface area contributed by atoms with E-state index in [9.17, 15) is 23.2 Å². The monoisotopic (exact) mass is 557 g/mol. The minimum atomic E-state index is -3.12. The number of carbonyl (C=O) groups excluding carboxylic acids is 3. The van der Waals surface area contributed by atoms with Gasteiger partial charge in [0.25, 0.3) is 17.7 Å². The number of benzene rings is 2. The SMILES string of the molecule is N#C[C@@H]1CC(F)(F)CN1C(=O)CNC(=O)c1csc(Cc2ccc(C(=O)NCc3ccc(Cl)cc3)cc2)n1. The number of halogens is 3. The Bertz CT molecular complexity index is 1370. The van der Waals surface area contributed by atoms with Gasteiger partial charge in [0.1, 0.15) is 11.7 Å². The molecule has 0 aliphatic carbocycles. The van der Waals surface area contributed by atoms with Crippen molar-refractivity contribution in [2.45, 2.75) is 31.4 Å². The number of nitrogens with one attached hydrogen (secondary N) is 2. The normalized spacial score (nSPS) is 16.1. The first-order chi connectivity index (χ1) is 18.1. The maximum absolute atomic E-state index is 13.5. The highest BCUT2D eigenvalue weighted by molar-refractivity contribution is 7.09. The number of nitriles is 1. The van der Waals surface area contributed by atoms with Gasteiger partial charge in [0.15, 0.2) is 0 Å². The van der Waals surface area contributed by atoms with E-state index in [4.69, 9.17) is 16.9 Å². The molecule has 1 saturated heterocycles. The molecule has 38 heavy (non-hydrogen) atoms. The van der Waals surface area contributed by atoms with E-state index in [1.54, 1.807) is 42.5 Å². The van der Waals surface area contributed by atoms with Gasteiger partial charge < -0.3 is 15.5 Å². The Morgan fingerprint density at radius 3 is 2.45 bits per heavy atom. The van der Waals surface area contributed by atoms with E-state index in [1.165, 1.54) is 16.7 Å². The number of rotatable bonds is 8. The predicted octanol–water partition coefficient (Wildman–Crippen LogP) is 3.81. The summed E-state index contributed by atoms with van der Waals surface area (Å²) in [5, 5.41) is 17.1. The number of hydrogen-bond donors (Lipinski definition) is 2. The van der Waals surface area contributed by atoms with Crippen LogP contribution in [-0.4, -0.2) is 52.7 Å². The Morgan fingerprint density at radius 2 is 1.76 bits per heavy atom. The van der Waals surface area contributed by atoms with Crippen LogP contribution in [0.4, 0.5) is 8.78 Å². The summed E-state index contributed by atoms with van der Waals surface area (Å²) in [6, 6.07) is 14.7. The molecular formula is C26H22ClF2N5O3S. The first-order valence-corrected chi connectivity index (χ1v) is 12.8.